The van der Waals surface area contributed by atoms with Crippen LogP contribution in [0.4, 0.5) is 0 Å². The van der Waals surface area contributed by atoms with E-state index in [4.69, 9.17) is 9.47 Å². The summed E-state index contributed by atoms with van der Waals surface area (Å²) < 4.78 is 10.6. The van der Waals surface area contributed by atoms with Gasteiger partial charge in [-0.2, -0.15) is 0 Å². The molecule has 5 heteroatoms. The Bertz CT molecular complexity index is 334. The second kappa shape index (κ2) is 14.7. The fourth-order valence-electron chi connectivity index (χ4n) is 3.01. The Hall–Kier alpha value is -0.460. The Morgan fingerprint density at radius 3 is 2.24 bits per heavy atom. The Morgan fingerprint density at radius 1 is 1.00 bits per heavy atom. The lowest BCUT2D eigenvalue weighted by atomic mass is 10.1. The number of unbranched alkanes of at least 4 members (excludes halogenated alkanes) is 8. The van der Waals surface area contributed by atoms with Crippen molar-refractivity contribution in [2.45, 2.75) is 95.5 Å². The SMILES string of the molecule is CCCCCC/C=C/CCCCCCOC[C@@H](O)[C@@H]1OC[C@H](O)[C@@H]1O. The lowest BCUT2D eigenvalue weighted by Crippen LogP contribution is -2.40. The molecule has 0 aromatic heterocycles. The first-order valence-electron chi connectivity index (χ1n) is 10.0. The molecule has 148 valence electrons. The molecule has 0 spiro atoms. The maximum absolute atomic E-state index is 9.90. The normalized spacial score (nSPS) is 25.0. The van der Waals surface area contributed by atoms with Crippen molar-refractivity contribution in [2.75, 3.05) is 19.8 Å². The first kappa shape index (κ1) is 22.6. The molecule has 0 aliphatic carbocycles. The topological polar surface area (TPSA) is 79.2 Å². The molecule has 0 unspecified atom stereocenters. The average Bonchev–Trinajstić information content (AvgIpc) is 2.94. The summed E-state index contributed by atoms with van der Waals surface area (Å²) in [5, 5.41) is 28.9. The predicted octanol–water partition coefficient (Wildman–Crippen LogP) is 2.96. The van der Waals surface area contributed by atoms with Crippen molar-refractivity contribution >= 4 is 0 Å². The summed E-state index contributed by atoms with van der Waals surface area (Å²) in [5.74, 6) is 0. The molecule has 0 saturated carbocycles. The van der Waals surface area contributed by atoms with Gasteiger partial charge in [0.05, 0.1) is 13.2 Å². The standard InChI is InChI=1S/C20H38O5/c1-2-3-4-5-6-7-8-9-10-11-12-13-14-24-15-18(22)20-19(23)17(21)16-25-20/h7-8,17-23H,2-6,9-16H2,1H3/b8-7+/t17-,18+,19-,20-/m0/s1. The van der Waals surface area contributed by atoms with Gasteiger partial charge >= 0.3 is 0 Å². The fraction of sp³-hybridized carbons (Fsp3) is 0.900. The van der Waals surface area contributed by atoms with E-state index in [1.165, 1.54) is 44.9 Å². The van der Waals surface area contributed by atoms with Gasteiger partial charge in [-0.1, -0.05) is 51.2 Å². The molecule has 1 heterocycles. The van der Waals surface area contributed by atoms with E-state index >= 15 is 0 Å². The number of ether oxygens (including phenoxy) is 2. The summed E-state index contributed by atoms with van der Waals surface area (Å²) in [5.41, 5.74) is 0. The van der Waals surface area contributed by atoms with Crippen LogP contribution in [0.2, 0.25) is 0 Å². The summed E-state index contributed by atoms with van der Waals surface area (Å²) in [6.07, 6.45) is 13.2. The highest BCUT2D eigenvalue weighted by Gasteiger charge is 2.39. The summed E-state index contributed by atoms with van der Waals surface area (Å²) in [6.45, 7) is 3.05. The van der Waals surface area contributed by atoms with Crippen molar-refractivity contribution in [2.24, 2.45) is 0 Å². The lowest BCUT2D eigenvalue weighted by molar-refractivity contribution is -0.0813. The Kier molecular flexibility index (Phi) is 13.3. The molecule has 1 saturated heterocycles. The average molecular weight is 359 g/mol. The van der Waals surface area contributed by atoms with Gasteiger partial charge in [0.2, 0.25) is 0 Å². The van der Waals surface area contributed by atoms with Crippen LogP contribution in [0.15, 0.2) is 12.2 Å². The van der Waals surface area contributed by atoms with Gasteiger partial charge in [0.1, 0.15) is 24.4 Å². The molecule has 0 amide bonds. The molecule has 0 bridgehead atoms. The Labute approximate surface area is 153 Å². The smallest absolute Gasteiger partial charge is 0.114 e. The van der Waals surface area contributed by atoms with E-state index < -0.39 is 24.4 Å². The molecule has 4 atom stereocenters. The molecular weight excluding hydrogens is 320 g/mol. The van der Waals surface area contributed by atoms with Crippen molar-refractivity contribution in [3.63, 3.8) is 0 Å². The number of rotatable bonds is 15. The number of allylic oxidation sites excluding steroid dienone is 2. The highest BCUT2D eigenvalue weighted by molar-refractivity contribution is 4.87. The molecule has 5 nitrogen and oxygen atoms in total. The van der Waals surface area contributed by atoms with E-state index in [0.29, 0.717) is 6.61 Å². The maximum Gasteiger partial charge on any atom is 0.114 e. The zero-order valence-corrected chi connectivity index (χ0v) is 15.8. The third-order valence-corrected chi connectivity index (χ3v) is 4.66. The van der Waals surface area contributed by atoms with E-state index in [2.05, 4.69) is 19.1 Å². The quantitative estimate of drug-likeness (QED) is 0.310. The second-order valence-electron chi connectivity index (χ2n) is 7.02. The van der Waals surface area contributed by atoms with Crippen LogP contribution in [0.3, 0.4) is 0 Å². The molecule has 0 radical (unpaired) electrons. The van der Waals surface area contributed by atoms with Crippen LogP contribution in [0.25, 0.3) is 0 Å². The number of hydrogen-bond acceptors (Lipinski definition) is 5. The Balaban J connectivity index is 1.85. The molecule has 1 fully saturated rings. The van der Waals surface area contributed by atoms with Gasteiger partial charge in [-0.05, 0) is 32.1 Å². The van der Waals surface area contributed by atoms with Crippen molar-refractivity contribution in [3.05, 3.63) is 12.2 Å². The van der Waals surface area contributed by atoms with Crippen LogP contribution in [-0.2, 0) is 9.47 Å². The monoisotopic (exact) mass is 358 g/mol. The van der Waals surface area contributed by atoms with E-state index in [-0.39, 0.29) is 13.2 Å². The van der Waals surface area contributed by atoms with E-state index in [1.807, 2.05) is 0 Å². The number of aliphatic hydroxyl groups excluding tert-OH is 3. The van der Waals surface area contributed by atoms with Gasteiger partial charge in [0.25, 0.3) is 0 Å². The van der Waals surface area contributed by atoms with Gasteiger partial charge in [-0.25, -0.2) is 0 Å². The third kappa shape index (κ3) is 10.3. The zero-order chi connectivity index (χ0) is 18.3. The van der Waals surface area contributed by atoms with E-state index in [0.717, 1.165) is 19.3 Å². The molecule has 3 N–H and O–H groups in total. The second-order valence-corrected chi connectivity index (χ2v) is 7.02. The van der Waals surface area contributed by atoms with Crippen LogP contribution >= 0.6 is 0 Å². The fourth-order valence-corrected chi connectivity index (χ4v) is 3.01. The molecule has 1 aliphatic heterocycles. The first-order valence-corrected chi connectivity index (χ1v) is 10.0. The lowest BCUT2D eigenvalue weighted by Gasteiger charge is -2.20. The van der Waals surface area contributed by atoms with E-state index in [9.17, 15) is 15.3 Å². The highest BCUT2D eigenvalue weighted by Crippen LogP contribution is 2.17. The van der Waals surface area contributed by atoms with Crippen molar-refractivity contribution in [3.8, 4) is 0 Å². The maximum atomic E-state index is 9.90. The minimum absolute atomic E-state index is 0.0656. The minimum Gasteiger partial charge on any atom is -0.388 e. The van der Waals surface area contributed by atoms with Crippen LogP contribution in [0, 0.1) is 0 Å². The van der Waals surface area contributed by atoms with Crippen LogP contribution in [-0.4, -0.2) is 59.6 Å². The van der Waals surface area contributed by atoms with E-state index in [1.54, 1.807) is 0 Å². The predicted molar refractivity (Wildman–Crippen MR) is 99.6 cm³/mol. The van der Waals surface area contributed by atoms with Crippen LogP contribution in [0.5, 0.6) is 0 Å². The van der Waals surface area contributed by atoms with Crippen molar-refractivity contribution < 1.29 is 24.8 Å². The molecule has 0 aromatic carbocycles. The van der Waals surface area contributed by atoms with Crippen LogP contribution in [0.1, 0.15) is 71.1 Å². The minimum atomic E-state index is -1.03. The summed E-state index contributed by atoms with van der Waals surface area (Å²) in [4.78, 5) is 0. The molecular formula is C20H38O5. The largest absolute Gasteiger partial charge is 0.388 e. The van der Waals surface area contributed by atoms with Gasteiger partial charge < -0.3 is 24.8 Å². The van der Waals surface area contributed by atoms with Crippen molar-refractivity contribution in [1.82, 2.24) is 0 Å². The van der Waals surface area contributed by atoms with Crippen molar-refractivity contribution in [1.29, 1.82) is 0 Å². The first-order chi connectivity index (χ1) is 12.2. The van der Waals surface area contributed by atoms with Gasteiger partial charge in [-0.15, -0.1) is 0 Å². The third-order valence-electron chi connectivity index (χ3n) is 4.66. The summed E-state index contributed by atoms with van der Waals surface area (Å²) in [6, 6.07) is 0. The van der Waals surface area contributed by atoms with Gasteiger partial charge in [0.15, 0.2) is 0 Å². The Morgan fingerprint density at radius 2 is 1.64 bits per heavy atom. The number of hydrogen-bond donors (Lipinski definition) is 3. The molecule has 0 aromatic rings. The summed E-state index contributed by atoms with van der Waals surface area (Å²) in [7, 11) is 0. The highest BCUT2D eigenvalue weighted by atomic mass is 16.5. The zero-order valence-electron chi connectivity index (χ0n) is 15.8. The van der Waals surface area contributed by atoms with Crippen LogP contribution < -0.4 is 0 Å². The summed E-state index contributed by atoms with van der Waals surface area (Å²) >= 11 is 0. The van der Waals surface area contributed by atoms with Gasteiger partial charge in [0, 0.05) is 6.61 Å². The number of aliphatic hydroxyl groups is 3. The molecule has 1 rings (SSSR count). The molecule has 1 aliphatic rings. The van der Waals surface area contributed by atoms with Gasteiger partial charge in [-0.3, -0.25) is 0 Å². The molecule has 25 heavy (non-hydrogen) atoms.